The number of ether oxygens (including phenoxy) is 3. The van der Waals surface area contributed by atoms with Crippen LogP contribution in [-0.4, -0.2) is 56.8 Å². The van der Waals surface area contributed by atoms with E-state index in [1.807, 2.05) is 98.0 Å². The Morgan fingerprint density at radius 3 is 2.14 bits per heavy atom. The highest BCUT2D eigenvalue weighted by Crippen LogP contribution is 2.22. The lowest BCUT2D eigenvalue weighted by atomic mass is 10.0. The molecule has 0 aliphatic rings. The van der Waals surface area contributed by atoms with Gasteiger partial charge in [-0.1, -0.05) is 50.2 Å². The fourth-order valence-corrected chi connectivity index (χ4v) is 4.49. The van der Waals surface area contributed by atoms with Crippen molar-refractivity contribution in [3.05, 3.63) is 108 Å². The minimum absolute atomic E-state index is 0.171. The largest absolute Gasteiger partial charge is 0.492 e. The first kappa shape index (κ1) is 32.1. The molecule has 230 valence electrons. The molecular formula is C36H41N3O5. The van der Waals surface area contributed by atoms with E-state index in [0.717, 1.165) is 22.5 Å². The molecule has 44 heavy (non-hydrogen) atoms. The van der Waals surface area contributed by atoms with E-state index < -0.39 is 12.1 Å². The molecule has 4 aromatic rings. The molecule has 0 radical (unpaired) electrons. The quantitative estimate of drug-likeness (QED) is 0.135. The molecule has 0 saturated carbocycles. The fourth-order valence-electron chi connectivity index (χ4n) is 4.49. The number of anilines is 1. The zero-order valence-electron chi connectivity index (χ0n) is 26.1. The molecule has 1 heterocycles. The second-order valence-corrected chi connectivity index (χ2v) is 10.9. The summed E-state index contributed by atoms with van der Waals surface area (Å²) in [5, 5.41) is 2.89. The highest BCUT2D eigenvalue weighted by molar-refractivity contribution is 5.94. The normalized spacial score (nSPS) is 11.5. The van der Waals surface area contributed by atoms with Gasteiger partial charge in [-0.2, -0.15) is 0 Å². The zero-order valence-corrected chi connectivity index (χ0v) is 26.1. The van der Waals surface area contributed by atoms with Gasteiger partial charge in [0.05, 0.1) is 30.7 Å². The Labute approximate surface area is 260 Å². The van der Waals surface area contributed by atoms with Gasteiger partial charge in [0.25, 0.3) is 5.91 Å². The molecule has 0 saturated heterocycles. The van der Waals surface area contributed by atoms with Crippen molar-refractivity contribution in [3.8, 4) is 22.8 Å². The second kappa shape index (κ2) is 15.6. The van der Waals surface area contributed by atoms with Crippen molar-refractivity contribution in [2.24, 2.45) is 0 Å². The minimum atomic E-state index is -0.768. The lowest BCUT2D eigenvalue weighted by molar-refractivity contribution is -0.151. The van der Waals surface area contributed by atoms with Gasteiger partial charge in [-0.05, 0) is 72.5 Å². The minimum Gasteiger partial charge on any atom is -0.492 e. The molecule has 1 aromatic heterocycles. The van der Waals surface area contributed by atoms with Crippen LogP contribution >= 0.6 is 0 Å². The number of rotatable bonds is 14. The Bertz CT molecular complexity index is 1480. The number of aromatic nitrogens is 1. The van der Waals surface area contributed by atoms with E-state index in [1.54, 1.807) is 19.1 Å². The maximum atomic E-state index is 12.6. The molecule has 3 aromatic carbocycles. The number of carbonyl (C=O) groups is 2. The number of benzene rings is 3. The van der Waals surface area contributed by atoms with E-state index in [9.17, 15) is 9.59 Å². The van der Waals surface area contributed by atoms with Crippen LogP contribution in [0, 0.1) is 0 Å². The molecule has 1 N–H and O–H groups in total. The van der Waals surface area contributed by atoms with Crippen molar-refractivity contribution >= 4 is 17.6 Å². The van der Waals surface area contributed by atoms with Gasteiger partial charge in [-0.3, -0.25) is 9.78 Å². The summed E-state index contributed by atoms with van der Waals surface area (Å²) in [6.07, 6.45) is 1.42. The first-order chi connectivity index (χ1) is 21.2. The molecule has 4 rings (SSSR count). The Morgan fingerprint density at radius 2 is 1.55 bits per heavy atom. The van der Waals surface area contributed by atoms with E-state index in [4.69, 9.17) is 14.2 Å². The number of nitrogens with one attached hydrogen (secondary N) is 1. The van der Waals surface area contributed by atoms with E-state index in [1.165, 1.54) is 5.56 Å². The standard InChI is InChI=1S/C36H41N3O5/c1-6-42-36(41)34(44-32-18-13-27(14-19-32)25(2)3)23-26-7-16-31(17-8-26)43-22-21-37-35(40)29-11-9-28(10-12-29)33-20-15-30(24-38-33)39(4)5/h7-20,24-25,34H,6,21-23H2,1-5H3,(H,37,40). The van der Waals surface area contributed by atoms with Crippen molar-refractivity contribution < 1.29 is 23.8 Å². The average Bonchev–Trinajstić information content (AvgIpc) is 3.04. The summed E-state index contributed by atoms with van der Waals surface area (Å²) >= 11 is 0. The van der Waals surface area contributed by atoms with Gasteiger partial charge >= 0.3 is 5.97 Å². The van der Waals surface area contributed by atoms with Gasteiger partial charge in [0.15, 0.2) is 6.10 Å². The molecule has 8 heteroatoms. The molecule has 8 nitrogen and oxygen atoms in total. The third kappa shape index (κ3) is 9.07. The molecule has 0 fully saturated rings. The SMILES string of the molecule is CCOC(=O)C(Cc1ccc(OCCNC(=O)c2ccc(-c3ccc(N(C)C)cn3)cc2)cc1)Oc1ccc(C(C)C)cc1. The van der Waals surface area contributed by atoms with Crippen LogP contribution in [0.2, 0.25) is 0 Å². The van der Waals surface area contributed by atoms with Gasteiger partial charge in [0, 0.05) is 31.6 Å². The molecule has 0 bridgehead atoms. The van der Waals surface area contributed by atoms with Crippen molar-refractivity contribution in [1.29, 1.82) is 0 Å². The van der Waals surface area contributed by atoms with Crippen LogP contribution in [0.15, 0.2) is 91.1 Å². The van der Waals surface area contributed by atoms with Crippen molar-refractivity contribution in [2.75, 3.05) is 38.8 Å². The number of esters is 1. The van der Waals surface area contributed by atoms with Crippen LogP contribution in [-0.2, 0) is 16.0 Å². The van der Waals surface area contributed by atoms with Gasteiger partial charge in [0.2, 0.25) is 0 Å². The van der Waals surface area contributed by atoms with Crippen LogP contribution < -0.4 is 19.7 Å². The number of pyridine rings is 1. The van der Waals surface area contributed by atoms with Crippen LogP contribution in [0.25, 0.3) is 11.3 Å². The Balaban J connectivity index is 1.24. The number of carbonyl (C=O) groups excluding carboxylic acids is 2. The Hall–Kier alpha value is -4.85. The fraction of sp³-hybridized carbons (Fsp3) is 0.306. The summed E-state index contributed by atoms with van der Waals surface area (Å²) in [4.78, 5) is 31.7. The average molecular weight is 596 g/mol. The summed E-state index contributed by atoms with van der Waals surface area (Å²) in [5.74, 6) is 1.13. The number of hydrogen-bond acceptors (Lipinski definition) is 7. The van der Waals surface area contributed by atoms with Crippen molar-refractivity contribution in [3.63, 3.8) is 0 Å². The second-order valence-electron chi connectivity index (χ2n) is 10.9. The first-order valence-electron chi connectivity index (χ1n) is 14.9. The molecule has 1 atom stereocenters. The first-order valence-corrected chi connectivity index (χ1v) is 14.9. The molecule has 0 aliphatic carbocycles. The molecule has 0 aliphatic heterocycles. The highest BCUT2D eigenvalue weighted by atomic mass is 16.6. The topological polar surface area (TPSA) is 90.0 Å². The smallest absolute Gasteiger partial charge is 0.347 e. The summed E-state index contributed by atoms with van der Waals surface area (Å²) in [5.41, 5.74) is 5.50. The summed E-state index contributed by atoms with van der Waals surface area (Å²) in [7, 11) is 3.95. The zero-order chi connectivity index (χ0) is 31.5. The maximum Gasteiger partial charge on any atom is 0.347 e. The Kier molecular flexibility index (Phi) is 11.3. The van der Waals surface area contributed by atoms with Gasteiger partial charge in [-0.15, -0.1) is 0 Å². The van der Waals surface area contributed by atoms with Crippen LogP contribution in [0.5, 0.6) is 11.5 Å². The highest BCUT2D eigenvalue weighted by Gasteiger charge is 2.23. The van der Waals surface area contributed by atoms with E-state index in [2.05, 4.69) is 24.1 Å². The van der Waals surface area contributed by atoms with E-state index >= 15 is 0 Å². The van der Waals surface area contributed by atoms with Crippen molar-refractivity contribution in [2.45, 2.75) is 39.2 Å². The summed E-state index contributed by atoms with van der Waals surface area (Å²) < 4.78 is 17.1. The molecule has 1 amide bonds. The maximum absolute atomic E-state index is 12.6. The van der Waals surface area contributed by atoms with Crippen LogP contribution in [0.1, 0.15) is 48.2 Å². The molecule has 1 unspecified atom stereocenters. The van der Waals surface area contributed by atoms with Gasteiger partial charge < -0.3 is 24.4 Å². The van der Waals surface area contributed by atoms with Crippen LogP contribution in [0.4, 0.5) is 5.69 Å². The molecule has 0 spiro atoms. The predicted octanol–water partition coefficient (Wildman–Crippen LogP) is 6.30. The number of nitrogens with zero attached hydrogens (tertiary/aromatic N) is 2. The van der Waals surface area contributed by atoms with E-state index in [-0.39, 0.29) is 12.5 Å². The van der Waals surface area contributed by atoms with Crippen LogP contribution in [0.3, 0.4) is 0 Å². The van der Waals surface area contributed by atoms with E-state index in [0.29, 0.717) is 42.6 Å². The summed E-state index contributed by atoms with van der Waals surface area (Å²) in [6, 6.07) is 26.6. The third-order valence-corrected chi connectivity index (χ3v) is 7.08. The van der Waals surface area contributed by atoms with Crippen molar-refractivity contribution in [1.82, 2.24) is 10.3 Å². The number of amides is 1. The number of hydrogen-bond donors (Lipinski definition) is 1. The van der Waals surface area contributed by atoms with Gasteiger partial charge in [-0.25, -0.2) is 4.79 Å². The monoisotopic (exact) mass is 595 g/mol. The third-order valence-electron chi connectivity index (χ3n) is 7.08. The lowest BCUT2D eigenvalue weighted by Crippen LogP contribution is -2.31. The Morgan fingerprint density at radius 1 is 0.864 bits per heavy atom. The summed E-state index contributed by atoms with van der Waals surface area (Å²) in [6.45, 7) is 6.98. The predicted molar refractivity (Wildman–Crippen MR) is 174 cm³/mol. The lowest BCUT2D eigenvalue weighted by Gasteiger charge is -2.18. The van der Waals surface area contributed by atoms with Gasteiger partial charge in [0.1, 0.15) is 18.1 Å². The molecular weight excluding hydrogens is 554 g/mol.